The Morgan fingerprint density at radius 3 is 2.20 bits per heavy atom. The molecular weight excluding hydrogens is 518 g/mol. The van der Waals surface area contributed by atoms with Gasteiger partial charge in [0.1, 0.15) is 23.4 Å². The van der Waals surface area contributed by atoms with Crippen molar-refractivity contribution in [1.29, 1.82) is 0 Å². The minimum absolute atomic E-state index is 0.0205. The summed E-state index contributed by atoms with van der Waals surface area (Å²) in [6.07, 6.45) is 0.472. The molecule has 8 heteroatoms. The Hall–Kier alpha value is -4.07. The molecule has 0 aromatic heterocycles. The zero-order valence-electron chi connectivity index (χ0n) is 25.1. The summed E-state index contributed by atoms with van der Waals surface area (Å²) in [6.45, 7) is 12.9. The highest BCUT2D eigenvalue weighted by atomic mass is 16.6. The van der Waals surface area contributed by atoms with Crippen molar-refractivity contribution >= 4 is 34.4 Å². The Morgan fingerprint density at radius 2 is 1.59 bits per heavy atom. The number of carbonyl (C=O) groups excluding carboxylic acids is 3. The molecule has 4 atom stereocenters. The third-order valence-electron chi connectivity index (χ3n) is 7.20. The molecule has 0 heterocycles. The zero-order chi connectivity index (χ0) is 30.3. The van der Waals surface area contributed by atoms with E-state index in [9.17, 15) is 19.5 Å². The van der Waals surface area contributed by atoms with E-state index >= 15 is 0 Å². The molecule has 8 nitrogen and oxygen atoms in total. The number of nitrogens with one attached hydrogen (secondary N) is 2. The molecule has 0 aliphatic heterocycles. The number of amides is 3. The number of carbonyl (C=O) groups is 3. The van der Waals surface area contributed by atoms with Crippen LogP contribution in [0.25, 0.3) is 10.8 Å². The number of aromatic hydroxyl groups is 1. The Morgan fingerprint density at radius 1 is 0.902 bits per heavy atom. The van der Waals surface area contributed by atoms with Crippen LogP contribution in [0.5, 0.6) is 5.75 Å². The molecule has 3 amide bonds. The van der Waals surface area contributed by atoms with Gasteiger partial charge in [0.15, 0.2) is 0 Å². The average molecular weight is 562 g/mol. The van der Waals surface area contributed by atoms with Gasteiger partial charge in [-0.2, -0.15) is 0 Å². The molecular formula is C33H43N3O5. The molecule has 0 saturated heterocycles. The van der Waals surface area contributed by atoms with Gasteiger partial charge in [0.25, 0.3) is 5.91 Å². The van der Waals surface area contributed by atoms with Crippen LogP contribution < -0.4 is 10.6 Å². The molecule has 3 rings (SSSR count). The van der Waals surface area contributed by atoms with Crippen LogP contribution in [0.15, 0.2) is 66.7 Å². The lowest BCUT2D eigenvalue weighted by Gasteiger charge is -2.39. The highest BCUT2D eigenvalue weighted by Gasteiger charge is 2.40. The average Bonchev–Trinajstić information content (AvgIpc) is 2.92. The molecule has 0 spiro atoms. The summed E-state index contributed by atoms with van der Waals surface area (Å²) in [5.74, 6) is -1.09. The number of phenols is 1. The molecule has 0 aliphatic rings. The van der Waals surface area contributed by atoms with Gasteiger partial charge in [-0.15, -0.1) is 0 Å². The Kier molecular flexibility index (Phi) is 10.4. The second-order valence-corrected chi connectivity index (χ2v) is 11.6. The fourth-order valence-electron chi connectivity index (χ4n) is 4.68. The maximum absolute atomic E-state index is 14.4. The van der Waals surface area contributed by atoms with Crippen LogP contribution in [0.2, 0.25) is 0 Å². The van der Waals surface area contributed by atoms with E-state index in [0.29, 0.717) is 24.1 Å². The lowest BCUT2D eigenvalue weighted by Crippen LogP contribution is -2.56. The summed E-state index contributed by atoms with van der Waals surface area (Å²) >= 11 is 0. The molecule has 0 saturated carbocycles. The van der Waals surface area contributed by atoms with Crippen LogP contribution in [0.3, 0.4) is 0 Å². The van der Waals surface area contributed by atoms with Crippen molar-refractivity contribution in [3.63, 3.8) is 0 Å². The van der Waals surface area contributed by atoms with Crippen LogP contribution in [0, 0.1) is 5.92 Å². The molecule has 0 bridgehead atoms. The molecule has 220 valence electrons. The van der Waals surface area contributed by atoms with E-state index in [0.717, 1.165) is 10.8 Å². The number of nitrogens with zero attached hydrogens (tertiary/aromatic N) is 1. The van der Waals surface area contributed by atoms with Gasteiger partial charge in [0.05, 0.1) is 0 Å². The van der Waals surface area contributed by atoms with Gasteiger partial charge in [-0.25, -0.2) is 4.79 Å². The van der Waals surface area contributed by atoms with E-state index in [-0.39, 0.29) is 17.7 Å². The highest BCUT2D eigenvalue weighted by Crippen LogP contribution is 2.31. The maximum Gasteiger partial charge on any atom is 0.408 e. The van der Waals surface area contributed by atoms with Gasteiger partial charge < -0.3 is 25.4 Å². The van der Waals surface area contributed by atoms with Crippen molar-refractivity contribution in [2.45, 2.75) is 85.0 Å². The zero-order valence-corrected chi connectivity index (χ0v) is 25.1. The molecule has 4 unspecified atom stereocenters. The summed E-state index contributed by atoms with van der Waals surface area (Å²) in [4.78, 5) is 42.8. The van der Waals surface area contributed by atoms with E-state index in [4.69, 9.17) is 4.74 Å². The number of hydrogen-bond donors (Lipinski definition) is 3. The van der Waals surface area contributed by atoms with Crippen molar-refractivity contribution in [3.05, 3.63) is 72.3 Å². The van der Waals surface area contributed by atoms with Crippen LogP contribution in [-0.2, 0) is 14.3 Å². The molecule has 0 radical (unpaired) electrons. The molecule has 3 aromatic rings. The van der Waals surface area contributed by atoms with Gasteiger partial charge in [-0.3, -0.25) is 9.59 Å². The van der Waals surface area contributed by atoms with Gasteiger partial charge in [-0.05, 0) is 80.6 Å². The minimum Gasteiger partial charge on any atom is -0.508 e. The largest absolute Gasteiger partial charge is 0.508 e. The number of phenolic OH excluding ortho intramolecular Hbond substituents is 1. The van der Waals surface area contributed by atoms with E-state index in [1.165, 1.54) is 17.0 Å². The van der Waals surface area contributed by atoms with Crippen molar-refractivity contribution in [2.24, 2.45) is 5.92 Å². The molecule has 3 aromatic carbocycles. The summed E-state index contributed by atoms with van der Waals surface area (Å²) in [5.41, 5.74) is 0.297. The van der Waals surface area contributed by atoms with E-state index in [2.05, 4.69) is 10.6 Å². The second-order valence-electron chi connectivity index (χ2n) is 11.6. The Bertz CT molecular complexity index is 1370. The fourth-order valence-corrected chi connectivity index (χ4v) is 4.68. The number of benzene rings is 3. The normalized spacial score (nSPS) is 14.4. The van der Waals surface area contributed by atoms with Crippen LogP contribution in [0.1, 0.15) is 72.9 Å². The van der Waals surface area contributed by atoms with E-state index in [1.807, 2.05) is 70.2 Å². The molecule has 0 aliphatic carbocycles. The Labute approximate surface area is 243 Å². The van der Waals surface area contributed by atoms with Crippen LogP contribution >= 0.6 is 0 Å². The lowest BCUT2D eigenvalue weighted by atomic mass is 9.94. The predicted molar refractivity (Wildman–Crippen MR) is 163 cm³/mol. The number of anilines is 1. The number of hydrogen-bond acceptors (Lipinski definition) is 5. The van der Waals surface area contributed by atoms with Crippen molar-refractivity contribution in [2.75, 3.05) is 5.32 Å². The van der Waals surface area contributed by atoms with Crippen molar-refractivity contribution in [1.82, 2.24) is 10.2 Å². The standard InChI is InChI=1S/C33H43N3O5/c1-8-21(3)28(35-32(40)41-33(5,6)7)31(39)36(22(4)9-2)29(25-15-12-16-27(37)20-25)30(38)34-26-18-17-23-13-10-11-14-24(23)19-26/h10-22,28-29,37H,8-9H2,1-7H3,(H,34,38)(H,35,40). The first-order chi connectivity index (χ1) is 19.3. The first-order valence-corrected chi connectivity index (χ1v) is 14.2. The molecule has 41 heavy (non-hydrogen) atoms. The van der Waals surface area contributed by atoms with Gasteiger partial charge in [0.2, 0.25) is 5.91 Å². The SMILES string of the molecule is CCC(C)C(NC(=O)OC(C)(C)C)C(=O)N(C(C)CC)C(C(=O)Nc1ccc2ccccc2c1)c1cccc(O)c1. The molecule has 0 fully saturated rings. The lowest BCUT2D eigenvalue weighted by molar-refractivity contribution is -0.144. The highest BCUT2D eigenvalue weighted by molar-refractivity contribution is 6.00. The number of alkyl carbamates (subject to hydrolysis) is 1. The third-order valence-corrected chi connectivity index (χ3v) is 7.20. The monoisotopic (exact) mass is 561 g/mol. The first-order valence-electron chi connectivity index (χ1n) is 14.2. The number of fused-ring (bicyclic) bond motifs is 1. The van der Waals surface area contributed by atoms with Crippen LogP contribution in [0.4, 0.5) is 10.5 Å². The topological polar surface area (TPSA) is 108 Å². The minimum atomic E-state index is -1.08. The third kappa shape index (κ3) is 8.22. The van der Waals surface area contributed by atoms with Gasteiger partial charge in [0, 0.05) is 11.7 Å². The smallest absolute Gasteiger partial charge is 0.408 e. The summed E-state index contributed by atoms with van der Waals surface area (Å²) in [7, 11) is 0. The summed E-state index contributed by atoms with van der Waals surface area (Å²) in [5, 5.41) is 18.1. The van der Waals surface area contributed by atoms with Crippen molar-refractivity contribution in [3.8, 4) is 5.75 Å². The first kappa shape index (κ1) is 31.5. The maximum atomic E-state index is 14.4. The Balaban J connectivity index is 2.06. The number of rotatable bonds is 10. The molecule has 3 N–H and O–H groups in total. The van der Waals surface area contributed by atoms with Crippen molar-refractivity contribution < 1.29 is 24.2 Å². The fraction of sp³-hybridized carbons (Fsp3) is 0.424. The second kappa shape index (κ2) is 13.5. The van der Waals surface area contributed by atoms with Gasteiger partial charge in [-0.1, -0.05) is 69.7 Å². The van der Waals surface area contributed by atoms with E-state index < -0.39 is 35.6 Å². The van der Waals surface area contributed by atoms with Gasteiger partial charge >= 0.3 is 6.09 Å². The number of ether oxygens (including phenoxy) is 1. The van der Waals surface area contributed by atoms with Crippen LogP contribution in [-0.4, -0.2) is 45.6 Å². The summed E-state index contributed by atoms with van der Waals surface area (Å²) < 4.78 is 5.47. The quantitative estimate of drug-likeness (QED) is 0.253. The van der Waals surface area contributed by atoms with E-state index in [1.54, 1.807) is 32.9 Å². The summed E-state index contributed by atoms with van der Waals surface area (Å²) in [6, 6.07) is 17.5. The predicted octanol–water partition coefficient (Wildman–Crippen LogP) is 6.79.